The molecule has 0 radical (unpaired) electrons. The fourth-order valence-electron chi connectivity index (χ4n) is 4.05. The minimum absolute atomic E-state index is 0.0823. The minimum atomic E-state index is -0.972. The third-order valence-corrected chi connectivity index (χ3v) is 5.85. The third kappa shape index (κ3) is 5.54. The molecule has 1 amide bonds. The normalized spacial score (nSPS) is 14.9. The van der Waals surface area contributed by atoms with Crippen LogP contribution in [0.25, 0.3) is 0 Å². The van der Waals surface area contributed by atoms with Crippen LogP contribution in [0.15, 0.2) is 42.5 Å². The first kappa shape index (κ1) is 22.2. The van der Waals surface area contributed by atoms with Gasteiger partial charge in [-0.3, -0.25) is 4.79 Å². The Balaban J connectivity index is 1.78. The number of amides is 1. The van der Waals surface area contributed by atoms with Crippen LogP contribution >= 0.6 is 11.6 Å². The van der Waals surface area contributed by atoms with Crippen molar-refractivity contribution in [1.29, 1.82) is 0 Å². The first-order valence-electron chi connectivity index (χ1n) is 10.6. The average Bonchev–Trinajstić information content (AvgIpc) is 2.74. The van der Waals surface area contributed by atoms with Crippen molar-refractivity contribution in [2.75, 3.05) is 18.0 Å². The summed E-state index contributed by atoms with van der Waals surface area (Å²) in [5.74, 6) is -1.05. The molecule has 5 nitrogen and oxygen atoms in total. The maximum absolute atomic E-state index is 12.8. The number of nitrogens with zero attached hydrogens (tertiary/aromatic N) is 1. The summed E-state index contributed by atoms with van der Waals surface area (Å²) in [6.07, 6.45) is 5.52. The highest BCUT2D eigenvalue weighted by Crippen LogP contribution is 2.36. The molecule has 0 aliphatic carbocycles. The number of halogens is 1. The zero-order valence-corrected chi connectivity index (χ0v) is 18.1. The Labute approximate surface area is 183 Å². The zero-order valence-electron chi connectivity index (χ0n) is 17.4. The molecule has 0 spiro atoms. The van der Waals surface area contributed by atoms with E-state index in [0.717, 1.165) is 60.6 Å². The standard InChI is InChI=1S/C24H29ClN2O3/c1-2-7-21(26-22(28)16-17-10-12-18(13-11-17)24(29)30)19-8-6-9-20(25)23(19)27-14-4-3-5-15-27/h6,8-13,21H,2-5,7,14-16H2,1H3,(H,26,28)(H,29,30). The van der Waals surface area contributed by atoms with Gasteiger partial charge < -0.3 is 15.3 Å². The number of carbonyl (C=O) groups excluding carboxylic acids is 1. The minimum Gasteiger partial charge on any atom is -0.478 e. The van der Waals surface area contributed by atoms with Crippen LogP contribution in [0.3, 0.4) is 0 Å². The molecule has 1 heterocycles. The van der Waals surface area contributed by atoms with E-state index >= 15 is 0 Å². The van der Waals surface area contributed by atoms with Gasteiger partial charge in [0.25, 0.3) is 0 Å². The number of carbonyl (C=O) groups is 2. The lowest BCUT2D eigenvalue weighted by Gasteiger charge is -2.33. The van der Waals surface area contributed by atoms with Crippen LogP contribution in [0.2, 0.25) is 5.02 Å². The summed E-state index contributed by atoms with van der Waals surface area (Å²) < 4.78 is 0. The molecule has 0 saturated carbocycles. The second kappa shape index (κ2) is 10.5. The number of rotatable bonds is 8. The summed E-state index contributed by atoms with van der Waals surface area (Å²) in [6.45, 7) is 4.08. The Kier molecular flexibility index (Phi) is 7.75. The van der Waals surface area contributed by atoms with Gasteiger partial charge >= 0.3 is 5.97 Å². The number of piperidine rings is 1. The number of benzene rings is 2. The van der Waals surface area contributed by atoms with E-state index in [2.05, 4.69) is 23.2 Å². The molecule has 2 N–H and O–H groups in total. The largest absolute Gasteiger partial charge is 0.478 e. The van der Waals surface area contributed by atoms with Crippen LogP contribution in [0.1, 0.15) is 66.6 Å². The monoisotopic (exact) mass is 428 g/mol. The van der Waals surface area contributed by atoms with Crippen LogP contribution in [0.5, 0.6) is 0 Å². The van der Waals surface area contributed by atoms with E-state index < -0.39 is 5.97 Å². The quantitative estimate of drug-likeness (QED) is 0.604. The van der Waals surface area contributed by atoms with Gasteiger partial charge in [0.2, 0.25) is 5.91 Å². The van der Waals surface area contributed by atoms with Crippen molar-refractivity contribution in [3.63, 3.8) is 0 Å². The molecular weight excluding hydrogens is 400 g/mol. The molecule has 2 aromatic rings. The Morgan fingerprint density at radius 3 is 2.43 bits per heavy atom. The van der Waals surface area contributed by atoms with Crippen molar-refractivity contribution in [2.24, 2.45) is 0 Å². The maximum Gasteiger partial charge on any atom is 0.335 e. The van der Waals surface area contributed by atoms with Crippen LogP contribution in [0.4, 0.5) is 5.69 Å². The molecule has 30 heavy (non-hydrogen) atoms. The highest BCUT2D eigenvalue weighted by Gasteiger charge is 2.23. The SMILES string of the molecule is CCCC(NC(=O)Cc1ccc(C(=O)O)cc1)c1cccc(Cl)c1N1CCCCC1. The van der Waals surface area contributed by atoms with Gasteiger partial charge in [0.05, 0.1) is 28.7 Å². The smallest absolute Gasteiger partial charge is 0.335 e. The van der Waals surface area contributed by atoms with E-state index in [1.807, 2.05) is 12.1 Å². The lowest BCUT2D eigenvalue weighted by Crippen LogP contribution is -2.34. The first-order chi connectivity index (χ1) is 14.5. The summed E-state index contributed by atoms with van der Waals surface area (Å²) in [7, 11) is 0. The summed E-state index contributed by atoms with van der Waals surface area (Å²) in [6, 6.07) is 12.3. The predicted molar refractivity (Wildman–Crippen MR) is 120 cm³/mol. The summed E-state index contributed by atoms with van der Waals surface area (Å²) in [5.41, 5.74) is 3.12. The van der Waals surface area contributed by atoms with Gasteiger partial charge in [0, 0.05) is 13.1 Å². The van der Waals surface area contributed by atoms with Crippen LogP contribution in [0, 0.1) is 0 Å². The number of carboxylic acids is 1. The van der Waals surface area contributed by atoms with Crippen LogP contribution in [-0.4, -0.2) is 30.1 Å². The molecule has 1 saturated heterocycles. The van der Waals surface area contributed by atoms with Gasteiger partial charge in [-0.15, -0.1) is 0 Å². The van der Waals surface area contributed by atoms with E-state index in [0.29, 0.717) is 0 Å². The summed E-state index contributed by atoms with van der Waals surface area (Å²) >= 11 is 6.61. The second-order valence-corrected chi connectivity index (χ2v) is 8.22. The van der Waals surface area contributed by atoms with Gasteiger partial charge in [-0.05, 0) is 55.0 Å². The van der Waals surface area contributed by atoms with Crippen molar-refractivity contribution in [3.05, 3.63) is 64.2 Å². The third-order valence-electron chi connectivity index (χ3n) is 5.54. The van der Waals surface area contributed by atoms with E-state index in [-0.39, 0.29) is 23.9 Å². The number of hydrogen-bond acceptors (Lipinski definition) is 3. The van der Waals surface area contributed by atoms with Gasteiger partial charge in [-0.25, -0.2) is 4.79 Å². The molecular formula is C24H29ClN2O3. The number of aromatic carboxylic acids is 1. The Morgan fingerprint density at radius 2 is 1.80 bits per heavy atom. The van der Waals surface area contributed by atoms with Gasteiger partial charge in [-0.1, -0.05) is 49.2 Å². The zero-order chi connectivity index (χ0) is 21.5. The number of para-hydroxylation sites is 1. The lowest BCUT2D eigenvalue weighted by molar-refractivity contribution is -0.121. The average molecular weight is 429 g/mol. The first-order valence-corrected chi connectivity index (χ1v) is 11.0. The van der Waals surface area contributed by atoms with E-state index in [9.17, 15) is 9.59 Å². The molecule has 0 bridgehead atoms. The van der Waals surface area contributed by atoms with Crippen molar-refractivity contribution >= 4 is 29.2 Å². The predicted octanol–water partition coefficient (Wildman–Crippen LogP) is 5.23. The molecule has 1 aliphatic heterocycles. The molecule has 1 fully saturated rings. The molecule has 2 aromatic carbocycles. The van der Waals surface area contributed by atoms with Gasteiger partial charge in [0.15, 0.2) is 0 Å². The summed E-state index contributed by atoms with van der Waals surface area (Å²) in [4.78, 5) is 26.1. The van der Waals surface area contributed by atoms with Gasteiger partial charge in [0.1, 0.15) is 0 Å². The number of carboxylic acid groups (broad SMARTS) is 1. The molecule has 6 heteroatoms. The number of hydrogen-bond donors (Lipinski definition) is 2. The van der Waals surface area contributed by atoms with Crippen molar-refractivity contribution in [1.82, 2.24) is 5.32 Å². The van der Waals surface area contributed by atoms with E-state index in [1.54, 1.807) is 12.1 Å². The topological polar surface area (TPSA) is 69.6 Å². The molecule has 1 atom stereocenters. The lowest BCUT2D eigenvalue weighted by atomic mass is 9.97. The number of nitrogens with one attached hydrogen (secondary N) is 1. The number of anilines is 1. The van der Waals surface area contributed by atoms with E-state index in [1.165, 1.54) is 18.6 Å². The Bertz CT molecular complexity index is 877. The maximum atomic E-state index is 12.8. The van der Waals surface area contributed by atoms with Crippen molar-refractivity contribution in [3.8, 4) is 0 Å². The van der Waals surface area contributed by atoms with Crippen molar-refractivity contribution < 1.29 is 14.7 Å². The van der Waals surface area contributed by atoms with Gasteiger partial charge in [-0.2, -0.15) is 0 Å². The molecule has 0 aromatic heterocycles. The van der Waals surface area contributed by atoms with Crippen molar-refractivity contribution in [2.45, 2.75) is 51.5 Å². The highest BCUT2D eigenvalue weighted by molar-refractivity contribution is 6.33. The Morgan fingerprint density at radius 1 is 1.10 bits per heavy atom. The Hall–Kier alpha value is -2.53. The molecule has 160 valence electrons. The van der Waals surface area contributed by atoms with Crippen LogP contribution < -0.4 is 10.2 Å². The fourth-order valence-corrected chi connectivity index (χ4v) is 4.36. The highest BCUT2D eigenvalue weighted by atomic mass is 35.5. The summed E-state index contributed by atoms with van der Waals surface area (Å²) in [5, 5.41) is 12.9. The second-order valence-electron chi connectivity index (χ2n) is 7.81. The molecule has 1 aliphatic rings. The van der Waals surface area contributed by atoms with Crippen LogP contribution in [-0.2, 0) is 11.2 Å². The fraction of sp³-hybridized carbons (Fsp3) is 0.417. The molecule has 1 unspecified atom stereocenters. The van der Waals surface area contributed by atoms with E-state index in [4.69, 9.17) is 16.7 Å². The molecule has 3 rings (SSSR count).